The number of hydrogen-bond donors (Lipinski definition) is 0. The third-order valence-corrected chi connectivity index (χ3v) is 3.09. The van der Waals surface area contributed by atoms with E-state index in [1.165, 1.54) is 0 Å². The van der Waals surface area contributed by atoms with Crippen molar-refractivity contribution in [1.29, 1.82) is 0 Å². The Hall–Kier alpha value is -2.88. The minimum Gasteiger partial charge on any atom is -0.497 e. The minimum absolute atomic E-state index is 0.0824. The summed E-state index contributed by atoms with van der Waals surface area (Å²) < 4.78 is 10.7. The first-order valence-electron chi connectivity index (χ1n) is 6.48. The van der Waals surface area contributed by atoms with Gasteiger partial charge in [-0.3, -0.25) is 4.79 Å². The van der Waals surface area contributed by atoms with Gasteiger partial charge in [-0.05, 0) is 12.1 Å². The van der Waals surface area contributed by atoms with Crippen LogP contribution in [0, 0.1) is 0 Å². The van der Waals surface area contributed by atoms with Crippen molar-refractivity contribution in [2.75, 3.05) is 7.11 Å². The number of ether oxygens (including phenoxy) is 1. The predicted octanol–water partition coefficient (Wildman–Crippen LogP) is 3.58. The van der Waals surface area contributed by atoms with Gasteiger partial charge in [-0.15, -0.1) is 0 Å². The van der Waals surface area contributed by atoms with Crippen LogP contribution in [-0.2, 0) is 0 Å². The van der Waals surface area contributed by atoms with Crippen LogP contribution in [0.4, 0.5) is 0 Å². The van der Waals surface area contributed by atoms with Crippen molar-refractivity contribution < 1.29 is 13.9 Å². The van der Waals surface area contributed by atoms with Crippen molar-refractivity contribution in [3.8, 4) is 17.1 Å². The Morgan fingerprint density at radius 2 is 1.90 bits per heavy atom. The number of rotatable bonds is 4. The molecule has 0 atom stereocenters. The zero-order chi connectivity index (χ0) is 14.7. The van der Waals surface area contributed by atoms with Gasteiger partial charge in [0.2, 0.25) is 5.78 Å². The van der Waals surface area contributed by atoms with Crippen LogP contribution in [0.5, 0.6) is 5.75 Å². The number of ketones is 1. The zero-order valence-electron chi connectivity index (χ0n) is 11.4. The summed E-state index contributed by atoms with van der Waals surface area (Å²) in [4.78, 5) is 16.3. The first-order valence-corrected chi connectivity index (χ1v) is 6.48. The molecule has 0 N–H and O–H groups in total. The van der Waals surface area contributed by atoms with Gasteiger partial charge in [0, 0.05) is 11.1 Å². The molecule has 0 amide bonds. The number of nitrogens with zero attached hydrogens (tertiary/aromatic N) is 1. The van der Waals surface area contributed by atoms with E-state index in [0.29, 0.717) is 11.3 Å². The van der Waals surface area contributed by atoms with Gasteiger partial charge in [0.25, 0.3) is 5.89 Å². The molecule has 21 heavy (non-hydrogen) atoms. The summed E-state index contributed by atoms with van der Waals surface area (Å²) >= 11 is 0. The van der Waals surface area contributed by atoms with Crippen LogP contribution in [0.15, 0.2) is 65.2 Å². The van der Waals surface area contributed by atoms with E-state index in [2.05, 4.69) is 4.98 Å². The van der Waals surface area contributed by atoms with E-state index in [0.717, 1.165) is 11.3 Å². The normalized spacial score (nSPS) is 10.3. The number of methoxy groups -OCH3 is 1. The minimum atomic E-state index is -0.232. The Morgan fingerprint density at radius 3 is 2.67 bits per heavy atom. The van der Waals surface area contributed by atoms with E-state index < -0.39 is 0 Å². The standard InChI is InChI=1S/C17H13NO3/c1-20-14-9-5-8-13(10-14)15-11-18-17(21-15)16(19)12-6-3-2-4-7-12/h2-11H,1H3. The maximum absolute atomic E-state index is 12.2. The van der Waals surface area contributed by atoms with Crippen molar-refractivity contribution >= 4 is 5.78 Å². The highest BCUT2D eigenvalue weighted by molar-refractivity contribution is 6.06. The highest BCUT2D eigenvalue weighted by atomic mass is 16.5. The van der Waals surface area contributed by atoms with Crippen molar-refractivity contribution in [2.45, 2.75) is 0 Å². The second-order valence-electron chi connectivity index (χ2n) is 4.46. The number of carbonyl (C=O) groups is 1. The van der Waals surface area contributed by atoms with Crippen molar-refractivity contribution in [3.05, 3.63) is 72.2 Å². The maximum atomic E-state index is 12.2. The Labute approximate surface area is 122 Å². The molecule has 0 fully saturated rings. The molecule has 1 aromatic heterocycles. The summed E-state index contributed by atoms with van der Waals surface area (Å²) in [5, 5.41) is 0. The zero-order valence-corrected chi connectivity index (χ0v) is 11.4. The molecule has 104 valence electrons. The molecule has 0 aliphatic carbocycles. The highest BCUT2D eigenvalue weighted by Crippen LogP contribution is 2.25. The van der Waals surface area contributed by atoms with Crippen LogP contribution in [0.1, 0.15) is 16.2 Å². The molecule has 2 aromatic carbocycles. The monoisotopic (exact) mass is 279 g/mol. The summed E-state index contributed by atoms with van der Waals surface area (Å²) in [6.07, 6.45) is 1.55. The summed E-state index contributed by atoms with van der Waals surface area (Å²) in [6, 6.07) is 16.3. The van der Waals surface area contributed by atoms with Crippen molar-refractivity contribution in [1.82, 2.24) is 4.98 Å². The SMILES string of the molecule is COc1cccc(-c2cnc(C(=O)c3ccccc3)o2)c1. The second kappa shape index (κ2) is 5.63. The van der Waals surface area contributed by atoms with Crippen molar-refractivity contribution in [3.63, 3.8) is 0 Å². The Morgan fingerprint density at radius 1 is 1.10 bits per heavy atom. The van der Waals surface area contributed by atoms with E-state index >= 15 is 0 Å². The maximum Gasteiger partial charge on any atom is 0.268 e. The summed E-state index contributed by atoms with van der Waals surface area (Å²) in [5.41, 5.74) is 1.37. The molecule has 3 rings (SSSR count). The van der Waals surface area contributed by atoms with Crippen LogP contribution >= 0.6 is 0 Å². The molecule has 4 nitrogen and oxygen atoms in total. The molecular formula is C17H13NO3. The lowest BCUT2D eigenvalue weighted by Crippen LogP contribution is -2.00. The summed E-state index contributed by atoms with van der Waals surface area (Å²) in [6.45, 7) is 0. The molecular weight excluding hydrogens is 266 g/mol. The molecule has 0 radical (unpaired) electrons. The van der Waals surface area contributed by atoms with Crippen LogP contribution in [0.2, 0.25) is 0 Å². The molecule has 0 aliphatic rings. The molecule has 0 unspecified atom stereocenters. The largest absolute Gasteiger partial charge is 0.497 e. The first kappa shape index (κ1) is 13.1. The molecule has 0 bridgehead atoms. The van der Waals surface area contributed by atoms with E-state index in [9.17, 15) is 4.79 Å². The second-order valence-corrected chi connectivity index (χ2v) is 4.46. The number of hydrogen-bond acceptors (Lipinski definition) is 4. The van der Waals surface area contributed by atoms with Gasteiger partial charge >= 0.3 is 0 Å². The van der Waals surface area contributed by atoms with Gasteiger partial charge in [0.1, 0.15) is 5.75 Å². The smallest absolute Gasteiger partial charge is 0.268 e. The molecule has 1 heterocycles. The van der Waals surface area contributed by atoms with Gasteiger partial charge in [0.15, 0.2) is 5.76 Å². The van der Waals surface area contributed by atoms with Crippen LogP contribution in [-0.4, -0.2) is 17.9 Å². The van der Waals surface area contributed by atoms with Crippen LogP contribution < -0.4 is 4.74 Å². The fourth-order valence-corrected chi connectivity index (χ4v) is 2.00. The number of oxazole rings is 1. The molecule has 0 saturated carbocycles. The third-order valence-electron chi connectivity index (χ3n) is 3.09. The lowest BCUT2D eigenvalue weighted by molar-refractivity contribution is 0.100. The average molecular weight is 279 g/mol. The Kier molecular flexibility index (Phi) is 3.51. The highest BCUT2D eigenvalue weighted by Gasteiger charge is 2.16. The Bertz CT molecular complexity index is 762. The molecule has 4 heteroatoms. The van der Waals surface area contributed by atoms with Gasteiger partial charge in [0.05, 0.1) is 13.3 Å². The molecule has 0 spiro atoms. The molecule has 3 aromatic rings. The lowest BCUT2D eigenvalue weighted by atomic mass is 10.1. The van der Waals surface area contributed by atoms with Gasteiger partial charge in [-0.25, -0.2) is 4.98 Å². The summed E-state index contributed by atoms with van der Waals surface area (Å²) in [7, 11) is 1.60. The number of carbonyl (C=O) groups excluding carboxylic acids is 1. The van der Waals surface area contributed by atoms with E-state index in [4.69, 9.17) is 9.15 Å². The Balaban J connectivity index is 1.91. The van der Waals surface area contributed by atoms with E-state index in [1.54, 1.807) is 37.6 Å². The summed E-state index contributed by atoms with van der Waals surface area (Å²) in [5.74, 6) is 1.11. The quantitative estimate of drug-likeness (QED) is 0.685. The van der Waals surface area contributed by atoms with Crippen molar-refractivity contribution in [2.24, 2.45) is 0 Å². The number of benzene rings is 2. The first-order chi connectivity index (χ1) is 10.3. The average Bonchev–Trinajstić information content (AvgIpc) is 3.05. The fourth-order valence-electron chi connectivity index (χ4n) is 2.00. The van der Waals surface area contributed by atoms with Gasteiger partial charge in [-0.2, -0.15) is 0 Å². The van der Waals surface area contributed by atoms with Gasteiger partial charge in [-0.1, -0.05) is 42.5 Å². The molecule has 0 saturated heterocycles. The van der Waals surface area contributed by atoms with E-state index in [-0.39, 0.29) is 11.7 Å². The van der Waals surface area contributed by atoms with Crippen LogP contribution in [0.3, 0.4) is 0 Å². The fraction of sp³-hybridized carbons (Fsp3) is 0.0588. The number of aromatic nitrogens is 1. The third kappa shape index (κ3) is 2.69. The topological polar surface area (TPSA) is 52.3 Å². The predicted molar refractivity (Wildman–Crippen MR) is 78.4 cm³/mol. The van der Waals surface area contributed by atoms with Crippen LogP contribution in [0.25, 0.3) is 11.3 Å². The lowest BCUT2D eigenvalue weighted by Gasteiger charge is -2.01. The van der Waals surface area contributed by atoms with E-state index in [1.807, 2.05) is 30.3 Å². The molecule has 0 aliphatic heterocycles. The van der Waals surface area contributed by atoms with Gasteiger partial charge < -0.3 is 9.15 Å².